The maximum atomic E-state index is 12.4. The van der Waals surface area contributed by atoms with Crippen LogP contribution >= 0.6 is 0 Å². The molecule has 194 valence electrons. The van der Waals surface area contributed by atoms with E-state index in [4.69, 9.17) is 9.97 Å². The number of hydrogen-bond donors (Lipinski definition) is 4. The van der Waals surface area contributed by atoms with Gasteiger partial charge in [0.1, 0.15) is 11.3 Å². The number of urea groups is 1. The molecule has 0 unspecified atom stereocenters. The van der Waals surface area contributed by atoms with Crippen LogP contribution in [-0.2, 0) is 22.9 Å². The van der Waals surface area contributed by atoms with E-state index in [1.165, 1.54) is 18.2 Å². The van der Waals surface area contributed by atoms with Gasteiger partial charge < -0.3 is 15.5 Å². The molecule has 10 nitrogen and oxygen atoms in total. The number of nitrogens with one attached hydrogen (secondary N) is 2. The number of hydrogen-bond acceptors (Lipinski definition) is 7. The molecule has 11 heteroatoms. The van der Waals surface area contributed by atoms with E-state index in [-0.39, 0.29) is 17.0 Å². The molecule has 2 aromatic heterocycles. The number of carbonyl (C=O) groups is 1. The first-order chi connectivity index (χ1) is 17.6. The first-order valence-electron chi connectivity index (χ1n) is 11.8. The van der Waals surface area contributed by atoms with Crippen LogP contribution in [-0.4, -0.2) is 45.7 Å². The number of pyridine rings is 1. The lowest BCUT2D eigenvalue weighted by Crippen LogP contribution is -2.40. The summed E-state index contributed by atoms with van der Waals surface area (Å²) in [7, 11) is -4.17. The van der Waals surface area contributed by atoms with Gasteiger partial charge in [-0.3, -0.25) is 4.57 Å². The molecule has 0 fully saturated rings. The third-order valence-electron chi connectivity index (χ3n) is 5.91. The standard InChI is InChI=1S/C26H29N5O5S/c1-4-22-29-23-16(2)14-17(3)28-24(23)31(22)20-10-8-18(9-11-20)12-13-27-26(34)30-37(35,36)21-7-5-6-19(15-21)25(32)33/h5-11,14-15,25,32-33H,4,12-13H2,1-3H3,(H2,27,30,34). The summed E-state index contributed by atoms with van der Waals surface area (Å²) in [5, 5.41) is 21.0. The number of aliphatic hydroxyl groups is 2. The predicted octanol–water partition coefficient (Wildman–Crippen LogP) is 2.81. The van der Waals surface area contributed by atoms with Gasteiger partial charge >= 0.3 is 6.03 Å². The molecule has 2 aromatic carbocycles. The molecule has 0 spiro atoms. The van der Waals surface area contributed by atoms with E-state index in [9.17, 15) is 23.4 Å². The Hall–Kier alpha value is -3.80. The summed E-state index contributed by atoms with van der Waals surface area (Å²) in [6, 6.07) is 14.1. The van der Waals surface area contributed by atoms with E-state index < -0.39 is 22.3 Å². The largest absolute Gasteiger partial charge is 0.364 e. The van der Waals surface area contributed by atoms with Gasteiger partial charge in [0.15, 0.2) is 11.9 Å². The Morgan fingerprint density at radius 3 is 2.46 bits per heavy atom. The Labute approximate surface area is 215 Å². The van der Waals surface area contributed by atoms with E-state index in [2.05, 4.69) is 16.8 Å². The molecular weight excluding hydrogens is 494 g/mol. The fourth-order valence-corrected chi connectivity index (χ4v) is 5.09. The normalized spacial score (nSPS) is 11.7. The van der Waals surface area contributed by atoms with Crippen LogP contribution < -0.4 is 10.0 Å². The molecule has 2 amide bonds. The van der Waals surface area contributed by atoms with E-state index in [0.29, 0.717) is 6.42 Å². The summed E-state index contributed by atoms with van der Waals surface area (Å²) in [5.41, 5.74) is 5.61. The molecule has 0 saturated carbocycles. The second-order valence-corrected chi connectivity index (χ2v) is 10.4. The second kappa shape index (κ2) is 10.7. The summed E-state index contributed by atoms with van der Waals surface area (Å²) >= 11 is 0. The lowest BCUT2D eigenvalue weighted by atomic mass is 10.1. The molecule has 4 aromatic rings. The summed E-state index contributed by atoms with van der Waals surface area (Å²) in [4.78, 5) is 21.4. The molecule has 0 atom stereocenters. The minimum absolute atomic E-state index is 0.00234. The van der Waals surface area contributed by atoms with E-state index in [0.717, 1.165) is 52.0 Å². The smallest absolute Gasteiger partial charge is 0.328 e. The zero-order valence-corrected chi connectivity index (χ0v) is 21.6. The van der Waals surface area contributed by atoms with Crippen molar-refractivity contribution in [2.75, 3.05) is 6.54 Å². The number of nitrogens with zero attached hydrogens (tertiary/aromatic N) is 3. The average Bonchev–Trinajstić information content (AvgIpc) is 3.23. The van der Waals surface area contributed by atoms with Gasteiger partial charge in [-0.25, -0.2) is 27.9 Å². The van der Waals surface area contributed by atoms with Crippen LogP contribution in [0.25, 0.3) is 16.9 Å². The van der Waals surface area contributed by atoms with Crippen molar-refractivity contribution < 1.29 is 23.4 Å². The number of amides is 2. The van der Waals surface area contributed by atoms with Crippen LogP contribution in [0.2, 0.25) is 0 Å². The van der Waals surface area contributed by atoms with Gasteiger partial charge in [-0.05, 0) is 61.7 Å². The van der Waals surface area contributed by atoms with Crippen LogP contribution in [0.3, 0.4) is 0 Å². The molecule has 2 heterocycles. The van der Waals surface area contributed by atoms with E-state index >= 15 is 0 Å². The number of rotatable bonds is 8. The zero-order valence-electron chi connectivity index (χ0n) is 20.8. The fraction of sp³-hybridized carbons (Fsp3) is 0.269. The Balaban J connectivity index is 1.40. The quantitative estimate of drug-likeness (QED) is 0.260. The molecule has 0 aliphatic carbocycles. The van der Waals surface area contributed by atoms with Crippen molar-refractivity contribution in [2.45, 2.75) is 44.8 Å². The zero-order chi connectivity index (χ0) is 26.7. The van der Waals surface area contributed by atoms with Crippen molar-refractivity contribution in [3.8, 4) is 5.69 Å². The first kappa shape index (κ1) is 26.3. The Morgan fingerprint density at radius 1 is 1.05 bits per heavy atom. The monoisotopic (exact) mass is 523 g/mol. The minimum Gasteiger partial charge on any atom is -0.364 e. The molecule has 37 heavy (non-hydrogen) atoms. The number of aryl methyl sites for hydroxylation is 3. The summed E-state index contributed by atoms with van der Waals surface area (Å²) < 4.78 is 28.9. The van der Waals surface area contributed by atoms with Gasteiger partial charge in [0, 0.05) is 29.9 Å². The number of imidazole rings is 1. The Morgan fingerprint density at radius 2 is 1.78 bits per heavy atom. The molecule has 4 N–H and O–H groups in total. The van der Waals surface area contributed by atoms with Crippen molar-refractivity contribution in [2.24, 2.45) is 0 Å². The number of benzene rings is 2. The lowest BCUT2D eigenvalue weighted by molar-refractivity contribution is -0.0426. The van der Waals surface area contributed by atoms with Gasteiger partial charge in [0.2, 0.25) is 0 Å². The topological polar surface area (TPSA) is 146 Å². The third kappa shape index (κ3) is 5.79. The van der Waals surface area contributed by atoms with E-state index in [1.807, 2.05) is 48.9 Å². The highest BCUT2D eigenvalue weighted by Gasteiger charge is 2.19. The summed E-state index contributed by atoms with van der Waals surface area (Å²) in [6.07, 6.45) is -0.577. The highest BCUT2D eigenvalue weighted by molar-refractivity contribution is 7.90. The second-order valence-electron chi connectivity index (χ2n) is 8.69. The Bertz CT molecular complexity index is 1550. The predicted molar refractivity (Wildman–Crippen MR) is 139 cm³/mol. The van der Waals surface area contributed by atoms with Crippen LogP contribution in [0.5, 0.6) is 0 Å². The molecule has 0 saturated heterocycles. The fourth-order valence-electron chi connectivity index (χ4n) is 4.11. The van der Waals surface area contributed by atoms with E-state index in [1.54, 1.807) is 0 Å². The summed E-state index contributed by atoms with van der Waals surface area (Å²) in [5.74, 6) is 0.919. The SMILES string of the molecule is CCc1nc2c(C)cc(C)nc2n1-c1ccc(CCNC(=O)NS(=O)(=O)c2cccc(C(O)O)c2)cc1. The van der Waals surface area contributed by atoms with Crippen LogP contribution in [0.15, 0.2) is 59.5 Å². The van der Waals surface area contributed by atoms with Gasteiger partial charge in [-0.15, -0.1) is 0 Å². The summed E-state index contributed by atoms with van der Waals surface area (Å²) in [6.45, 7) is 6.26. The van der Waals surface area contributed by atoms with Crippen molar-refractivity contribution in [3.05, 3.63) is 82.8 Å². The molecule has 0 bridgehead atoms. The molecule has 0 radical (unpaired) electrons. The number of aliphatic hydroxyl groups excluding tert-OH is 1. The lowest BCUT2D eigenvalue weighted by Gasteiger charge is -2.11. The van der Waals surface area contributed by atoms with Gasteiger partial charge in [-0.1, -0.05) is 31.2 Å². The van der Waals surface area contributed by atoms with Crippen molar-refractivity contribution >= 4 is 27.2 Å². The molecule has 0 aliphatic rings. The van der Waals surface area contributed by atoms with Gasteiger partial charge in [0.05, 0.1) is 4.90 Å². The number of fused-ring (bicyclic) bond motifs is 1. The van der Waals surface area contributed by atoms with Gasteiger partial charge in [0.25, 0.3) is 10.0 Å². The highest BCUT2D eigenvalue weighted by Crippen LogP contribution is 2.24. The molecular formula is C26H29N5O5S. The van der Waals surface area contributed by atoms with Crippen molar-refractivity contribution in [1.82, 2.24) is 24.6 Å². The third-order valence-corrected chi connectivity index (χ3v) is 7.24. The number of carbonyl (C=O) groups excluding carboxylic acids is 1. The van der Waals surface area contributed by atoms with Crippen molar-refractivity contribution in [3.63, 3.8) is 0 Å². The average molecular weight is 524 g/mol. The Kier molecular flexibility index (Phi) is 7.58. The minimum atomic E-state index is -4.17. The van der Waals surface area contributed by atoms with Crippen molar-refractivity contribution in [1.29, 1.82) is 0 Å². The number of sulfonamides is 1. The van der Waals surface area contributed by atoms with Gasteiger partial charge in [-0.2, -0.15) is 0 Å². The molecule has 4 rings (SSSR count). The van der Waals surface area contributed by atoms with Crippen LogP contribution in [0.4, 0.5) is 4.79 Å². The highest BCUT2D eigenvalue weighted by atomic mass is 32.2. The van der Waals surface area contributed by atoms with Crippen LogP contribution in [0, 0.1) is 13.8 Å². The number of aromatic nitrogens is 3. The maximum Gasteiger partial charge on any atom is 0.328 e. The maximum absolute atomic E-state index is 12.4. The first-order valence-corrected chi connectivity index (χ1v) is 13.3. The van der Waals surface area contributed by atoms with Crippen LogP contribution in [0.1, 0.15) is 41.4 Å². The molecule has 0 aliphatic heterocycles.